The first-order chi connectivity index (χ1) is 15.9. The number of fused-ring (bicyclic) bond motifs is 6. The molecular formula is C23H22ClFN6O2. The molecule has 3 aliphatic rings. The number of amides is 1. The molecule has 33 heavy (non-hydrogen) atoms. The van der Waals surface area contributed by atoms with E-state index >= 15 is 4.39 Å². The second-order valence-corrected chi connectivity index (χ2v) is 9.31. The quantitative estimate of drug-likeness (QED) is 0.560. The molecule has 0 spiro atoms. The second kappa shape index (κ2) is 7.50. The molecule has 0 radical (unpaired) electrons. The van der Waals surface area contributed by atoms with Crippen LogP contribution in [0.3, 0.4) is 0 Å². The highest BCUT2D eigenvalue weighted by atomic mass is 35.5. The van der Waals surface area contributed by atoms with E-state index in [0.29, 0.717) is 49.2 Å². The number of rotatable bonds is 2. The van der Waals surface area contributed by atoms with E-state index in [1.54, 1.807) is 6.20 Å². The summed E-state index contributed by atoms with van der Waals surface area (Å²) in [5, 5.41) is 2.99. The number of nitrogens with zero attached hydrogens (tertiary/aromatic N) is 4. The zero-order valence-corrected chi connectivity index (χ0v) is 19.0. The Bertz CT molecular complexity index is 1320. The molecule has 0 aromatic carbocycles. The molecule has 0 bridgehead atoms. The fourth-order valence-corrected chi connectivity index (χ4v) is 5.23. The lowest BCUT2D eigenvalue weighted by Crippen LogP contribution is -2.34. The van der Waals surface area contributed by atoms with Gasteiger partial charge in [-0.05, 0) is 42.6 Å². The van der Waals surface area contributed by atoms with Gasteiger partial charge in [0.25, 0.3) is 11.8 Å². The van der Waals surface area contributed by atoms with Crippen molar-refractivity contribution < 1.29 is 13.9 Å². The van der Waals surface area contributed by atoms with Gasteiger partial charge in [-0.25, -0.2) is 14.4 Å². The topological polar surface area (TPSA) is 96.0 Å². The molecule has 2 aliphatic heterocycles. The Hall–Kier alpha value is -3.04. The van der Waals surface area contributed by atoms with E-state index in [4.69, 9.17) is 16.3 Å². The van der Waals surface area contributed by atoms with Crippen LogP contribution in [-0.2, 0) is 25.8 Å². The van der Waals surface area contributed by atoms with Crippen LogP contribution in [0.1, 0.15) is 51.3 Å². The summed E-state index contributed by atoms with van der Waals surface area (Å²) < 4.78 is 21.8. The number of hydrogen-bond donors (Lipinski definition) is 2. The van der Waals surface area contributed by atoms with E-state index < -0.39 is 5.82 Å². The number of aryl methyl sites for hydroxylation is 1. The summed E-state index contributed by atoms with van der Waals surface area (Å²) in [6, 6.07) is 0. The van der Waals surface area contributed by atoms with Gasteiger partial charge in [-0.15, -0.1) is 0 Å². The summed E-state index contributed by atoms with van der Waals surface area (Å²) in [6.07, 6.45) is 3.60. The molecule has 0 fully saturated rings. The Morgan fingerprint density at radius 3 is 2.88 bits per heavy atom. The van der Waals surface area contributed by atoms with E-state index in [0.717, 1.165) is 34.6 Å². The van der Waals surface area contributed by atoms with Crippen LogP contribution in [0, 0.1) is 5.82 Å². The van der Waals surface area contributed by atoms with E-state index in [1.807, 2.05) is 14.0 Å². The summed E-state index contributed by atoms with van der Waals surface area (Å²) in [7, 11) is 1.99. The lowest BCUT2D eigenvalue weighted by Gasteiger charge is -2.25. The number of H-pyrrole nitrogens is 1. The molecule has 1 amide bonds. The number of aromatic amines is 1. The largest absolute Gasteiger partial charge is 0.417 e. The van der Waals surface area contributed by atoms with Gasteiger partial charge in [-0.3, -0.25) is 4.79 Å². The van der Waals surface area contributed by atoms with Gasteiger partial charge in [0.15, 0.2) is 5.82 Å². The molecule has 6 rings (SSSR count). The molecule has 5 heterocycles. The van der Waals surface area contributed by atoms with Gasteiger partial charge in [0.1, 0.15) is 0 Å². The summed E-state index contributed by atoms with van der Waals surface area (Å²) in [6.45, 7) is 4.02. The Morgan fingerprint density at radius 1 is 1.18 bits per heavy atom. The predicted molar refractivity (Wildman–Crippen MR) is 119 cm³/mol. The summed E-state index contributed by atoms with van der Waals surface area (Å²) in [5.41, 5.74) is 5.76. The molecule has 0 unspecified atom stereocenters. The minimum Gasteiger partial charge on any atom is -0.417 e. The average molecular weight is 469 g/mol. The summed E-state index contributed by atoms with van der Waals surface area (Å²) >= 11 is 6.12. The molecule has 170 valence electrons. The monoisotopic (exact) mass is 468 g/mol. The third-order valence-electron chi connectivity index (χ3n) is 6.76. The van der Waals surface area contributed by atoms with Gasteiger partial charge >= 0.3 is 0 Å². The third-order valence-corrected chi connectivity index (χ3v) is 6.93. The summed E-state index contributed by atoms with van der Waals surface area (Å²) in [5.74, 6) is -0.511. The van der Waals surface area contributed by atoms with Crippen molar-refractivity contribution in [2.24, 2.45) is 0 Å². The zero-order valence-electron chi connectivity index (χ0n) is 18.3. The number of pyridine rings is 1. The zero-order chi connectivity index (χ0) is 22.9. The number of hydrogen-bond acceptors (Lipinski definition) is 6. The average Bonchev–Trinajstić information content (AvgIpc) is 3.19. The van der Waals surface area contributed by atoms with Crippen molar-refractivity contribution in [2.45, 2.75) is 38.6 Å². The number of ether oxygens (including phenoxy) is 1. The maximum Gasteiger partial charge on any atom is 0.258 e. The number of carbonyl (C=O) groups is 1. The summed E-state index contributed by atoms with van der Waals surface area (Å²) in [4.78, 5) is 30.8. The molecule has 8 nitrogen and oxygen atoms in total. The highest BCUT2D eigenvalue weighted by molar-refractivity contribution is 6.28. The third kappa shape index (κ3) is 3.21. The van der Waals surface area contributed by atoms with Crippen LogP contribution in [-0.4, -0.2) is 50.9 Å². The second-order valence-electron chi connectivity index (χ2n) is 8.97. The smallest absolute Gasteiger partial charge is 0.258 e. The lowest BCUT2D eigenvalue weighted by atomic mass is 9.87. The van der Waals surface area contributed by atoms with Crippen LogP contribution in [0.4, 0.5) is 4.39 Å². The number of halogens is 2. The van der Waals surface area contributed by atoms with Crippen molar-refractivity contribution in [3.8, 4) is 23.0 Å². The standard InChI is InChI=1S/C23H22ClFN6O2/c1-10-7-26-20(32)16-12-4-3-11-8-27-22(17(25)15(11)19(12)29-18(10)16)33-21-13-9-31(2)6-5-14(13)28-23(24)30-21/h8,10,29H,3-7,9H2,1-2H3,(H,26,32)/t10-/m1/s1. The first kappa shape index (κ1) is 20.6. The van der Waals surface area contributed by atoms with Gasteiger partial charge in [-0.1, -0.05) is 6.92 Å². The SMILES string of the molecule is C[C@@H]1CNC(=O)c2c1[nH]c1c2CCc2cnc(Oc3nc(Cl)nc4c3CN(C)CC4)c(F)c2-1. The van der Waals surface area contributed by atoms with E-state index in [1.165, 1.54) is 0 Å². The first-order valence-corrected chi connectivity index (χ1v) is 11.4. The van der Waals surface area contributed by atoms with Crippen molar-refractivity contribution in [3.63, 3.8) is 0 Å². The van der Waals surface area contributed by atoms with Crippen molar-refractivity contribution in [3.05, 3.63) is 50.9 Å². The van der Waals surface area contributed by atoms with Crippen LogP contribution in [0.2, 0.25) is 5.28 Å². The Balaban J connectivity index is 1.46. The molecule has 2 N–H and O–H groups in total. The van der Waals surface area contributed by atoms with Crippen molar-refractivity contribution in [1.82, 2.24) is 30.2 Å². The van der Waals surface area contributed by atoms with Crippen molar-refractivity contribution in [2.75, 3.05) is 20.1 Å². The van der Waals surface area contributed by atoms with Crippen LogP contribution in [0.25, 0.3) is 11.3 Å². The normalized spacial score (nSPS) is 19.3. The molecular weight excluding hydrogens is 447 g/mol. The number of likely N-dealkylation sites (N-methyl/N-ethyl adjacent to an activating group) is 1. The van der Waals surface area contributed by atoms with Crippen molar-refractivity contribution in [1.29, 1.82) is 0 Å². The Labute approximate surface area is 194 Å². The molecule has 3 aromatic heterocycles. The van der Waals surface area contributed by atoms with E-state index in [9.17, 15) is 4.79 Å². The highest BCUT2D eigenvalue weighted by Crippen LogP contribution is 2.42. The Kier molecular flexibility index (Phi) is 4.67. The first-order valence-electron chi connectivity index (χ1n) is 11.0. The number of nitrogens with one attached hydrogen (secondary N) is 2. The van der Waals surface area contributed by atoms with Gasteiger partial charge in [0.2, 0.25) is 11.2 Å². The number of aromatic nitrogens is 4. The van der Waals surface area contributed by atoms with Gasteiger partial charge in [-0.2, -0.15) is 4.98 Å². The molecule has 3 aromatic rings. The van der Waals surface area contributed by atoms with Crippen molar-refractivity contribution >= 4 is 17.5 Å². The molecule has 1 atom stereocenters. The fourth-order valence-electron chi connectivity index (χ4n) is 5.05. The number of carbonyl (C=O) groups excluding carboxylic acids is 1. The lowest BCUT2D eigenvalue weighted by molar-refractivity contribution is 0.0940. The minimum absolute atomic E-state index is 0.0611. The van der Waals surface area contributed by atoms with Gasteiger partial charge in [0.05, 0.1) is 22.5 Å². The van der Waals surface area contributed by atoms with Crippen LogP contribution < -0.4 is 10.1 Å². The molecule has 1 aliphatic carbocycles. The fraction of sp³-hybridized carbons (Fsp3) is 0.391. The van der Waals surface area contributed by atoms with Crippen LogP contribution in [0.5, 0.6) is 11.8 Å². The Morgan fingerprint density at radius 2 is 2.03 bits per heavy atom. The maximum absolute atomic E-state index is 15.9. The molecule has 0 saturated carbocycles. The highest BCUT2D eigenvalue weighted by Gasteiger charge is 2.35. The predicted octanol–water partition coefficient (Wildman–Crippen LogP) is 3.38. The molecule has 10 heteroatoms. The maximum atomic E-state index is 15.9. The van der Waals surface area contributed by atoms with Crippen LogP contribution >= 0.6 is 11.6 Å². The molecule has 0 saturated heterocycles. The van der Waals surface area contributed by atoms with Gasteiger partial charge < -0.3 is 19.9 Å². The van der Waals surface area contributed by atoms with E-state index in [-0.39, 0.29) is 28.9 Å². The van der Waals surface area contributed by atoms with Gasteiger partial charge in [0, 0.05) is 49.4 Å². The van der Waals surface area contributed by atoms with E-state index in [2.05, 4.69) is 30.2 Å². The van der Waals surface area contributed by atoms with Crippen LogP contribution in [0.15, 0.2) is 6.20 Å². The minimum atomic E-state index is -0.576.